The molecule has 0 saturated heterocycles. The van der Waals surface area contributed by atoms with Gasteiger partial charge in [-0.2, -0.15) is 0 Å². The van der Waals surface area contributed by atoms with Gasteiger partial charge in [0.15, 0.2) is 16.6 Å². The molecule has 1 rings (SSSR count). The number of nitrogens with two attached hydrogens (primary N) is 1. The first-order chi connectivity index (χ1) is 9.57. The number of carbonyl (C=O) groups is 1. The van der Waals surface area contributed by atoms with E-state index in [-0.39, 0.29) is 5.11 Å². The number of amides is 1. The molecule has 0 aromatic heterocycles. The molecule has 8 nitrogen and oxygen atoms in total. The minimum atomic E-state index is -0.443. The molecule has 0 heterocycles. The largest absolute Gasteiger partial charge is 0.493 e. The first-order valence-corrected chi connectivity index (χ1v) is 5.85. The van der Waals surface area contributed by atoms with Crippen LogP contribution in [0.25, 0.3) is 0 Å². The maximum atomic E-state index is 11.9. The molecule has 110 valence electrons. The number of hydrogen-bond donors (Lipinski definition) is 4. The van der Waals surface area contributed by atoms with Gasteiger partial charge in [-0.05, 0) is 24.4 Å². The number of hydrogen-bond acceptors (Lipinski definition) is 6. The smallest absolute Gasteiger partial charge is 0.269 e. The van der Waals surface area contributed by atoms with Crippen molar-refractivity contribution in [3.05, 3.63) is 17.7 Å². The van der Waals surface area contributed by atoms with E-state index < -0.39 is 5.91 Å². The van der Waals surface area contributed by atoms with Crippen molar-refractivity contribution in [2.45, 2.75) is 0 Å². The minimum Gasteiger partial charge on any atom is -0.493 e. The highest BCUT2D eigenvalue weighted by atomic mass is 32.1. The van der Waals surface area contributed by atoms with Crippen LogP contribution in [0.1, 0.15) is 10.4 Å². The molecule has 1 aromatic carbocycles. The summed E-state index contributed by atoms with van der Waals surface area (Å²) in [5, 5.41) is 0.0748. The van der Waals surface area contributed by atoms with E-state index in [4.69, 9.17) is 32.3 Å². The van der Waals surface area contributed by atoms with Crippen molar-refractivity contribution in [2.24, 2.45) is 5.84 Å². The van der Waals surface area contributed by atoms with Crippen molar-refractivity contribution in [2.75, 3.05) is 21.3 Å². The zero-order valence-electron chi connectivity index (χ0n) is 11.3. The lowest BCUT2D eigenvalue weighted by molar-refractivity contribution is 0.0943. The highest BCUT2D eigenvalue weighted by Crippen LogP contribution is 2.38. The Kier molecular flexibility index (Phi) is 5.81. The fourth-order valence-corrected chi connectivity index (χ4v) is 1.48. The van der Waals surface area contributed by atoms with Crippen molar-refractivity contribution < 1.29 is 19.0 Å². The van der Waals surface area contributed by atoms with Gasteiger partial charge in [0.05, 0.1) is 21.3 Å². The van der Waals surface area contributed by atoms with Gasteiger partial charge in [-0.1, -0.05) is 0 Å². The predicted molar refractivity (Wildman–Crippen MR) is 76.6 cm³/mol. The third-order valence-electron chi connectivity index (χ3n) is 2.35. The van der Waals surface area contributed by atoms with Gasteiger partial charge in [0.2, 0.25) is 5.75 Å². The SMILES string of the molecule is COc1cc(C(=O)NNC(=S)NN)cc(OC)c1OC. The number of methoxy groups -OCH3 is 3. The summed E-state index contributed by atoms with van der Waals surface area (Å²) in [5.41, 5.74) is 7.25. The molecule has 0 atom stereocenters. The highest BCUT2D eigenvalue weighted by Gasteiger charge is 2.16. The molecule has 0 spiro atoms. The van der Waals surface area contributed by atoms with Gasteiger partial charge in [0.1, 0.15) is 0 Å². The molecule has 1 aromatic rings. The van der Waals surface area contributed by atoms with Crippen molar-refractivity contribution in [3.63, 3.8) is 0 Å². The van der Waals surface area contributed by atoms with Gasteiger partial charge in [0, 0.05) is 5.56 Å². The third kappa shape index (κ3) is 3.62. The van der Waals surface area contributed by atoms with Crippen LogP contribution in [0.15, 0.2) is 12.1 Å². The first kappa shape index (κ1) is 15.8. The second kappa shape index (κ2) is 7.36. The molecule has 20 heavy (non-hydrogen) atoms. The standard InChI is InChI=1S/C11H16N4O4S/c1-17-7-4-6(5-8(18-2)9(7)19-3)10(16)14-15-11(20)13-12/h4-5H,12H2,1-3H3,(H,14,16)(H2,13,15,20). The quantitative estimate of drug-likeness (QED) is 0.341. The molecule has 0 radical (unpaired) electrons. The molecular formula is C11H16N4O4S. The number of nitrogens with one attached hydrogen (secondary N) is 3. The number of rotatable bonds is 4. The third-order valence-corrected chi connectivity index (χ3v) is 2.57. The summed E-state index contributed by atoms with van der Waals surface area (Å²) < 4.78 is 15.5. The maximum Gasteiger partial charge on any atom is 0.269 e. The first-order valence-electron chi connectivity index (χ1n) is 5.44. The molecule has 0 bridgehead atoms. The molecule has 9 heteroatoms. The van der Waals surface area contributed by atoms with E-state index in [1.807, 2.05) is 0 Å². The zero-order chi connectivity index (χ0) is 15.1. The Hall–Kier alpha value is -2.26. The van der Waals surface area contributed by atoms with Gasteiger partial charge in [-0.25, -0.2) is 5.84 Å². The summed E-state index contributed by atoms with van der Waals surface area (Å²) in [6, 6.07) is 3.02. The van der Waals surface area contributed by atoms with Crippen LogP contribution in [0.5, 0.6) is 17.2 Å². The molecular weight excluding hydrogens is 284 g/mol. The normalized spacial score (nSPS) is 9.40. The molecule has 0 aliphatic heterocycles. The van der Waals surface area contributed by atoms with E-state index in [0.717, 1.165) is 0 Å². The topological polar surface area (TPSA) is 107 Å². The van der Waals surface area contributed by atoms with E-state index >= 15 is 0 Å². The van der Waals surface area contributed by atoms with Crippen molar-refractivity contribution in [1.29, 1.82) is 0 Å². The number of carbonyl (C=O) groups excluding carboxylic acids is 1. The second-order valence-corrected chi connectivity index (χ2v) is 3.87. The summed E-state index contributed by atoms with van der Waals surface area (Å²) >= 11 is 4.73. The van der Waals surface area contributed by atoms with Crippen LogP contribution in [0.2, 0.25) is 0 Å². The second-order valence-electron chi connectivity index (χ2n) is 3.47. The van der Waals surface area contributed by atoms with Crippen LogP contribution in [0, 0.1) is 0 Å². The van der Waals surface area contributed by atoms with E-state index in [9.17, 15) is 4.79 Å². The van der Waals surface area contributed by atoms with Gasteiger partial charge in [-0.15, -0.1) is 0 Å². The highest BCUT2D eigenvalue weighted by molar-refractivity contribution is 7.80. The molecule has 0 saturated carbocycles. The molecule has 0 unspecified atom stereocenters. The van der Waals surface area contributed by atoms with Crippen LogP contribution < -0.4 is 36.3 Å². The van der Waals surface area contributed by atoms with E-state index in [1.165, 1.54) is 33.5 Å². The number of benzene rings is 1. The Bertz CT molecular complexity index is 484. The van der Waals surface area contributed by atoms with Gasteiger partial charge in [-0.3, -0.25) is 21.1 Å². The molecule has 5 N–H and O–H groups in total. The van der Waals surface area contributed by atoms with Crippen LogP contribution in [0.4, 0.5) is 0 Å². The summed E-state index contributed by atoms with van der Waals surface area (Å²) in [4.78, 5) is 11.9. The van der Waals surface area contributed by atoms with E-state index in [1.54, 1.807) is 0 Å². The van der Waals surface area contributed by atoms with Crippen molar-refractivity contribution in [1.82, 2.24) is 16.3 Å². The van der Waals surface area contributed by atoms with E-state index in [2.05, 4.69) is 16.3 Å². The van der Waals surface area contributed by atoms with Crippen molar-refractivity contribution in [3.8, 4) is 17.2 Å². The summed E-state index contributed by atoms with van der Waals surface area (Å²) in [6.07, 6.45) is 0. The fourth-order valence-electron chi connectivity index (χ4n) is 1.43. The molecule has 0 fully saturated rings. The van der Waals surface area contributed by atoms with Crippen LogP contribution >= 0.6 is 12.2 Å². The van der Waals surface area contributed by atoms with Crippen LogP contribution in [-0.2, 0) is 0 Å². The molecule has 0 aliphatic carbocycles. The maximum absolute atomic E-state index is 11.9. The average molecular weight is 300 g/mol. The van der Waals surface area contributed by atoms with Crippen LogP contribution in [-0.4, -0.2) is 32.3 Å². The fraction of sp³-hybridized carbons (Fsp3) is 0.273. The van der Waals surface area contributed by atoms with Crippen LogP contribution in [0.3, 0.4) is 0 Å². The zero-order valence-corrected chi connectivity index (χ0v) is 12.1. The Morgan fingerprint density at radius 3 is 2.05 bits per heavy atom. The number of thiocarbonyl (C=S) groups is 1. The Balaban J connectivity index is 3.00. The Labute approximate surface area is 121 Å². The predicted octanol–water partition coefficient (Wildman–Crippen LogP) is -0.305. The summed E-state index contributed by atoms with van der Waals surface area (Å²) in [6.45, 7) is 0. The van der Waals surface area contributed by atoms with E-state index in [0.29, 0.717) is 22.8 Å². The summed E-state index contributed by atoms with van der Waals surface area (Å²) in [5.74, 6) is 5.77. The molecule has 0 aliphatic rings. The average Bonchev–Trinajstić information content (AvgIpc) is 2.50. The Morgan fingerprint density at radius 1 is 1.10 bits per heavy atom. The number of ether oxygens (including phenoxy) is 3. The minimum absolute atomic E-state index is 0.0748. The lowest BCUT2D eigenvalue weighted by Crippen LogP contribution is -2.48. The van der Waals surface area contributed by atoms with Gasteiger partial charge in [0.25, 0.3) is 5.91 Å². The number of hydrazine groups is 2. The van der Waals surface area contributed by atoms with Crippen molar-refractivity contribution >= 4 is 23.2 Å². The van der Waals surface area contributed by atoms with Gasteiger partial charge >= 0.3 is 0 Å². The monoisotopic (exact) mass is 300 g/mol. The Morgan fingerprint density at radius 2 is 1.65 bits per heavy atom. The molecule has 1 amide bonds. The van der Waals surface area contributed by atoms with Gasteiger partial charge < -0.3 is 14.2 Å². The summed E-state index contributed by atoms with van der Waals surface area (Å²) in [7, 11) is 4.41. The lowest BCUT2D eigenvalue weighted by Gasteiger charge is -2.14. The lowest BCUT2D eigenvalue weighted by atomic mass is 10.1.